The van der Waals surface area contributed by atoms with E-state index in [0.29, 0.717) is 11.8 Å². The van der Waals surface area contributed by atoms with Crippen molar-refractivity contribution < 1.29 is 4.79 Å². The van der Waals surface area contributed by atoms with Gasteiger partial charge < -0.3 is 4.57 Å². The lowest BCUT2D eigenvalue weighted by atomic mass is 10.3. The van der Waals surface area contributed by atoms with Crippen LogP contribution in [0.15, 0.2) is 24.3 Å². The number of halogens is 2. The molecule has 0 fully saturated rings. The summed E-state index contributed by atoms with van der Waals surface area (Å²) in [5.74, 6) is 0. The Morgan fingerprint density at radius 3 is 2.87 bits per heavy atom. The fraction of sp³-hybridized carbons (Fsp3) is 0.200. The van der Waals surface area contributed by atoms with Crippen LogP contribution in [-0.4, -0.2) is 14.8 Å². The van der Waals surface area contributed by atoms with E-state index in [1.807, 2.05) is 24.3 Å². The quantitative estimate of drug-likeness (QED) is 0.777. The number of rotatable bonds is 3. The summed E-state index contributed by atoms with van der Waals surface area (Å²) in [7, 11) is 0. The van der Waals surface area contributed by atoms with E-state index in [0.717, 1.165) is 11.0 Å². The summed E-state index contributed by atoms with van der Waals surface area (Å²) in [6.45, 7) is 0.460. The molecular formula is C10H8Cl2N2O. The summed E-state index contributed by atoms with van der Waals surface area (Å²) in [4.78, 5) is 14.8. The van der Waals surface area contributed by atoms with Crippen molar-refractivity contribution in [2.45, 2.75) is 13.0 Å². The summed E-state index contributed by atoms with van der Waals surface area (Å²) < 4.78 is 1.77. The van der Waals surface area contributed by atoms with Crippen molar-refractivity contribution in [1.82, 2.24) is 9.55 Å². The molecule has 15 heavy (non-hydrogen) atoms. The van der Waals surface area contributed by atoms with Gasteiger partial charge in [0.15, 0.2) is 0 Å². The van der Waals surface area contributed by atoms with Gasteiger partial charge in [-0.2, -0.15) is 0 Å². The van der Waals surface area contributed by atoms with E-state index in [9.17, 15) is 4.79 Å². The van der Waals surface area contributed by atoms with E-state index in [-0.39, 0.29) is 11.7 Å². The lowest BCUT2D eigenvalue weighted by molar-refractivity contribution is -0.111. The molecule has 0 aliphatic rings. The van der Waals surface area contributed by atoms with Crippen LogP contribution in [0, 0.1) is 0 Å². The zero-order valence-corrected chi connectivity index (χ0v) is 9.29. The summed E-state index contributed by atoms with van der Waals surface area (Å²) >= 11 is 11.2. The third-order valence-electron chi connectivity index (χ3n) is 2.14. The maximum atomic E-state index is 10.7. The Bertz CT molecular complexity index is 507. The Labute approximate surface area is 96.6 Å². The summed E-state index contributed by atoms with van der Waals surface area (Å²) in [6.07, 6.45) is 0.252. The zero-order valence-electron chi connectivity index (χ0n) is 7.78. The first-order valence-electron chi connectivity index (χ1n) is 4.47. The Hall–Kier alpha value is -1.06. The second-order valence-corrected chi connectivity index (χ2v) is 3.89. The van der Waals surface area contributed by atoms with Gasteiger partial charge in [-0.15, -0.1) is 0 Å². The summed E-state index contributed by atoms with van der Waals surface area (Å²) in [5, 5.41) is 0.0120. The van der Waals surface area contributed by atoms with E-state index in [1.165, 1.54) is 0 Å². The number of aromatic nitrogens is 2. The van der Waals surface area contributed by atoms with Gasteiger partial charge in [-0.25, -0.2) is 4.98 Å². The normalized spacial score (nSPS) is 10.8. The maximum absolute atomic E-state index is 10.7. The lowest BCUT2D eigenvalue weighted by Crippen LogP contribution is -2.01. The lowest BCUT2D eigenvalue weighted by Gasteiger charge is -2.02. The van der Waals surface area contributed by atoms with Gasteiger partial charge in [0.2, 0.25) is 10.5 Å². The molecule has 0 aliphatic carbocycles. The van der Waals surface area contributed by atoms with Gasteiger partial charge in [-0.3, -0.25) is 4.79 Å². The van der Waals surface area contributed by atoms with E-state index in [1.54, 1.807) is 4.57 Å². The molecule has 0 saturated carbocycles. The van der Waals surface area contributed by atoms with Crippen molar-refractivity contribution in [2.75, 3.05) is 0 Å². The number of fused-ring (bicyclic) bond motifs is 1. The van der Waals surface area contributed by atoms with Crippen molar-refractivity contribution in [3.63, 3.8) is 0 Å². The van der Waals surface area contributed by atoms with Crippen LogP contribution in [0.2, 0.25) is 5.28 Å². The van der Waals surface area contributed by atoms with Gasteiger partial charge in [0, 0.05) is 13.0 Å². The van der Waals surface area contributed by atoms with Crippen LogP contribution in [0.1, 0.15) is 6.42 Å². The molecular weight excluding hydrogens is 235 g/mol. The maximum Gasteiger partial charge on any atom is 0.223 e. The predicted molar refractivity (Wildman–Crippen MR) is 60.2 cm³/mol. The molecule has 0 aliphatic heterocycles. The molecule has 1 aromatic heterocycles. The molecule has 0 unspecified atom stereocenters. The van der Waals surface area contributed by atoms with E-state index in [2.05, 4.69) is 4.98 Å². The molecule has 0 radical (unpaired) electrons. The van der Waals surface area contributed by atoms with Crippen molar-refractivity contribution in [3.8, 4) is 0 Å². The smallest absolute Gasteiger partial charge is 0.223 e. The fourth-order valence-electron chi connectivity index (χ4n) is 1.46. The van der Waals surface area contributed by atoms with Gasteiger partial charge in [-0.1, -0.05) is 12.1 Å². The molecule has 0 N–H and O–H groups in total. The standard InChI is InChI=1S/C10H8Cl2N2O/c11-9(15)5-6-14-8-4-2-1-3-7(8)13-10(14)12/h1-4H,5-6H2. The fourth-order valence-corrected chi connectivity index (χ4v) is 1.81. The minimum absolute atomic E-state index is 0.252. The van der Waals surface area contributed by atoms with Crippen LogP contribution in [0.5, 0.6) is 0 Å². The highest BCUT2D eigenvalue weighted by atomic mass is 35.5. The molecule has 5 heteroatoms. The van der Waals surface area contributed by atoms with E-state index >= 15 is 0 Å². The molecule has 0 atom stereocenters. The van der Waals surface area contributed by atoms with Gasteiger partial charge in [0.05, 0.1) is 11.0 Å². The van der Waals surface area contributed by atoms with Gasteiger partial charge in [0.1, 0.15) is 0 Å². The molecule has 3 nitrogen and oxygen atoms in total. The Kier molecular flexibility index (Phi) is 2.93. The number of para-hydroxylation sites is 2. The van der Waals surface area contributed by atoms with Crippen LogP contribution in [-0.2, 0) is 11.3 Å². The van der Waals surface area contributed by atoms with Crippen molar-refractivity contribution in [3.05, 3.63) is 29.5 Å². The summed E-state index contributed by atoms with van der Waals surface area (Å²) in [6, 6.07) is 7.58. The van der Waals surface area contributed by atoms with Crippen LogP contribution < -0.4 is 0 Å². The number of imidazole rings is 1. The number of carbonyl (C=O) groups is 1. The zero-order chi connectivity index (χ0) is 10.8. The topological polar surface area (TPSA) is 34.9 Å². The average Bonchev–Trinajstić information content (AvgIpc) is 2.50. The first-order valence-corrected chi connectivity index (χ1v) is 5.23. The molecule has 2 aromatic rings. The highest BCUT2D eigenvalue weighted by molar-refractivity contribution is 6.63. The van der Waals surface area contributed by atoms with Gasteiger partial charge >= 0.3 is 0 Å². The SMILES string of the molecule is O=C(Cl)CCn1c(Cl)nc2ccccc21. The first-order chi connectivity index (χ1) is 7.18. The molecule has 0 amide bonds. The molecule has 0 spiro atoms. The predicted octanol–water partition coefficient (Wildman–Crippen LogP) is 2.85. The number of carbonyl (C=O) groups excluding carboxylic acids is 1. The molecule has 78 valence electrons. The monoisotopic (exact) mass is 242 g/mol. The Morgan fingerprint density at radius 1 is 1.40 bits per heavy atom. The molecule has 0 bridgehead atoms. The second kappa shape index (κ2) is 4.21. The number of hydrogen-bond acceptors (Lipinski definition) is 2. The molecule has 2 rings (SSSR count). The number of benzene rings is 1. The van der Waals surface area contributed by atoms with Crippen LogP contribution in [0.25, 0.3) is 11.0 Å². The second-order valence-electron chi connectivity index (χ2n) is 3.13. The van der Waals surface area contributed by atoms with Crippen molar-refractivity contribution in [1.29, 1.82) is 0 Å². The highest BCUT2D eigenvalue weighted by Crippen LogP contribution is 2.19. The number of nitrogens with zero attached hydrogens (tertiary/aromatic N) is 2. The largest absolute Gasteiger partial charge is 0.314 e. The van der Waals surface area contributed by atoms with E-state index < -0.39 is 0 Å². The van der Waals surface area contributed by atoms with Gasteiger partial charge in [-0.05, 0) is 35.3 Å². The molecule has 1 heterocycles. The third-order valence-corrected chi connectivity index (χ3v) is 2.62. The van der Waals surface area contributed by atoms with Crippen LogP contribution in [0.4, 0.5) is 0 Å². The molecule has 0 saturated heterocycles. The minimum atomic E-state index is -0.371. The van der Waals surface area contributed by atoms with Gasteiger partial charge in [0.25, 0.3) is 0 Å². The van der Waals surface area contributed by atoms with Crippen LogP contribution >= 0.6 is 23.2 Å². The van der Waals surface area contributed by atoms with Crippen LogP contribution in [0.3, 0.4) is 0 Å². The minimum Gasteiger partial charge on any atom is -0.314 e. The Morgan fingerprint density at radius 2 is 2.13 bits per heavy atom. The van der Waals surface area contributed by atoms with Crippen molar-refractivity contribution >= 4 is 39.5 Å². The molecule has 1 aromatic carbocycles. The average molecular weight is 243 g/mol. The Balaban J connectivity index is 2.40. The number of hydrogen-bond donors (Lipinski definition) is 0. The first kappa shape index (κ1) is 10.5. The summed E-state index contributed by atoms with van der Waals surface area (Å²) in [5.41, 5.74) is 1.74. The number of aryl methyl sites for hydroxylation is 1. The van der Waals surface area contributed by atoms with E-state index in [4.69, 9.17) is 23.2 Å². The third kappa shape index (κ3) is 2.13. The van der Waals surface area contributed by atoms with Crippen molar-refractivity contribution in [2.24, 2.45) is 0 Å². The highest BCUT2D eigenvalue weighted by Gasteiger charge is 2.08.